The van der Waals surface area contributed by atoms with Gasteiger partial charge in [-0.25, -0.2) is 0 Å². The van der Waals surface area contributed by atoms with Crippen molar-refractivity contribution in [1.82, 2.24) is 9.80 Å². The topological polar surface area (TPSA) is 58.8 Å². The van der Waals surface area contributed by atoms with Gasteiger partial charge in [-0.1, -0.05) is 6.92 Å². The molecule has 5 heteroatoms. The van der Waals surface area contributed by atoms with E-state index in [0.29, 0.717) is 19.6 Å². The fourth-order valence-electron chi connectivity index (χ4n) is 2.19. The van der Waals surface area contributed by atoms with E-state index in [4.69, 9.17) is 10.5 Å². The average molecular weight is 227 g/mol. The Morgan fingerprint density at radius 1 is 1.31 bits per heavy atom. The fraction of sp³-hybridized carbons (Fsp3) is 0.909. The molecule has 2 saturated heterocycles. The fourth-order valence-corrected chi connectivity index (χ4v) is 2.19. The molecule has 1 amide bonds. The average Bonchev–Trinajstić information content (AvgIpc) is 2.27. The van der Waals surface area contributed by atoms with Crippen LogP contribution in [0.25, 0.3) is 0 Å². The first kappa shape index (κ1) is 11.8. The van der Waals surface area contributed by atoms with Crippen molar-refractivity contribution in [3.8, 4) is 0 Å². The van der Waals surface area contributed by atoms with E-state index in [9.17, 15) is 4.79 Å². The Labute approximate surface area is 96.5 Å². The van der Waals surface area contributed by atoms with Crippen LogP contribution in [-0.4, -0.2) is 67.2 Å². The van der Waals surface area contributed by atoms with Crippen molar-refractivity contribution in [2.75, 3.05) is 45.9 Å². The van der Waals surface area contributed by atoms with Crippen molar-refractivity contribution < 1.29 is 9.53 Å². The van der Waals surface area contributed by atoms with Crippen LogP contribution in [0.15, 0.2) is 0 Å². The molecule has 2 aliphatic heterocycles. The maximum absolute atomic E-state index is 12.0. The maximum Gasteiger partial charge on any atom is 0.224 e. The van der Waals surface area contributed by atoms with Crippen LogP contribution in [0, 0.1) is 0 Å². The van der Waals surface area contributed by atoms with Gasteiger partial charge in [-0.15, -0.1) is 0 Å². The normalized spacial score (nSPS) is 25.2. The van der Waals surface area contributed by atoms with Crippen molar-refractivity contribution in [2.24, 2.45) is 5.73 Å². The molecule has 0 unspecified atom stereocenters. The first-order valence-electron chi connectivity index (χ1n) is 6.00. The van der Waals surface area contributed by atoms with Crippen LogP contribution in [0.4, 0.5) is 0 Å². The van der Waals surface area contributed by atoms with Gasteiger partial charge in [-0.2, -0.15) is 0 Å². The lowest BCUT2D eigenvalue weighted by Gasteiger charge is -2.40. The largest absolute Gasteiger partial charge is 0.377 e. The summed E-state index contributed by atoms with van der Waals surface area (Å²) < 4.78 is 5.06. The summed E-state index contributed by atoms with van der Waals surface area (Å²) in [6, 6.07) is 0. The van der Waals surface area contributed by atoms with E-state index in [1.54, 1.807) is 0 Å². The Morgan fingerprint density at radius 2 is 1.94 bits per heavy atom. The van der Waals surface area contributed by atoms with Crippen LogP contribution in [0.3, 0.4) is 0 Å². The maximum atomic E-state index is 12.0. The van der Waals surface area contributed by atoms with E-state index < -0.39 is 0 Å². The number of likely N-dealkylation sites (N-methyl/N-ethyl adjacent to an activating group) is 1. The van der Waals surface area contributed by atoms with Crippen LogP contribution < -0.4 is 5.73 Å². The van der Waals surface area contributed by atoms with E-state index in [1.165, 1.54) is 0 Å². The number of nitrogens with two attached hydrogens (primary N) is 1. The minimum atomic E-state index is -0.390. The Hall–Kier alpha value is -0.650. The van der Waals surface area contributed by atoms with Gasteiger partial charge >= 0.3 is 0 Å². The lowest BCUT2D eigenvalue weighted by Crippen LogP contribution is -2.60. The molecule has 2 fully saturated rings. The molecule has 0 atom stereocenters. The second-order valence-electron chi connectivity index (χ2n) is 4.85. The standard InChI is InChI=1S/C11H21N3O2/c1-2-13-3-5-14(6-4-13)10(15)7-11(12)8-16-9-11/h2-9,12H2,1H3. The molecule has 16 heavy (non-hydrogen) atoms. The summed E-state index contributed by atoms with van der Waals surface area (Å²) in [5, 5.41) is 0. The monoisotopic (exact) mass is 227 g/mol. The van der Waals surface area contributed by atoms with Crippen LogP contribution in [-0.2, 0) is 9.53 Å². The molecule has 0 bridgehead atoms. The third-order valence-corrected chi connectivity index (χ3v) is 3.45. The van der Waals surface area contributed by atoms with Crippen LogP contribution >= 0.6 is 0 Å². The summed E-state index contributed by atoms with van der Waals surface area (Å²) in [6.07, 6.45) is 0.430. The van der Waals surface area contributed by atoms with Crippen molar-refractivity contribution in [3.05, 3.63) is 0 Å². The molecule has 92 valence electrons. The van der Waals surface area contributed by atoms with Gasteiger partial charge in [-0.05, 0) is 6.54 Å². The van der Waals surface area contributed by atoms with Gasteiger partial charge in [0.1, 0.15) is 0 Å². The predicted molar refractivity (Wildman–Crippen MR) is 61.0 cm³/mol. The highest BCUT2D eigenvalue weighted by molar-refractivity contribution is 5.77. The van der Waals surface area contributed by atoms with E-state index in [1.807, 2.05) is 4.90 Å². The van der Waals surface area contributed by atoms with Crippen molar-refractivity contribution in [3.63, 3.8) is 0 Å². The first-order chi connectivity index (χ1) is 7.63. The minimum Gasteiger partial charge on any atom is -0.377 e. The highest BCUT2D eigenvalue weighted by Crippen LogP contribution is 2.19. The molecule has 0 aromatic carbocycles. The van der Waals surface area contributed by atoms with Crippen molar-refractivity contribution in [2.45, 2.75) is 18.9 Å². The van der Waals surface area contributed by atoms with E-state index >= 15 is 0 Å². The smallest absolute Gasteiger partial charge is 0.224 e. The Kier molecular flexibility index (Phi) is 3.47. The lowest BCUT2D eigenvalue weighted by atomic mass is 9.94. The Morgan fingerprint density at radius 3 is 2.38 bits per heavy atom. The van der Waals surface area contributed by atoms with Gasteiger partial charge in [0.05, 0.1) is 18.8 Å². The summed E-state index contributed by atoms with van der Waals surface area (Å²) >= 11 is 0. The number of amides is 1. The molecule has 0 spiro atoms. The second kappa shape index (κ2) is 4.69. The summed E-state index contributed by atoms with van der Waals surface area (Å²) in [5.41, 5.74) is 5.59. The highest BCUT2D eigenvalue weighted by Gasteiger charge is 2.37. The van der Waals surface area contributed by atoms with Gasteiger partial charge in [0.2, 0.25) is 5.91 Å². The molecular formula is C11H21N3O2. The van der Waals surface area contributed by atoms with E-state index in [0.717, 1.165) is 32.7 Å². The summed E-state index contributed by atoms with van der Waals surface area (Å²) in [6.45, 7) is 7.90. The zero-order valence-corrected chi connectivity index (χ0v) is 9.95. The second-order valence-corrected chi connectivity index (χ2v) is 4.85. The first-order valence-corrected chi connectivity index (χ1v) is 6.00. The SMILES string of the molecule is CCN1CCN(C(=O)CC2(N)COC2)CC1. The minimum absolute atomic E-state index is 0.182. The number of ether oxygens (including phenoxy) is 1. The summed E-state index contributed by atoms with van der Waals surface area (Å²) in [7, 11) is 0. The van der Waals surface area contributed by atoms with Crippen molar-refractivity contribution >= 4 is 5.91 Å². The molecular weight excluding hydrogens is 206 g/mol. The van der Waals surface area contributed by atoms with Crippen LogP contribution in [0.5, 0.6) is 0 Å². The molecule has 2 N–H and O–H groups in total. The molecule has 0 aliphatic carbocycles. The number of piperazine rings is 1. The molecule has 2 rings (SSSR count). The molecule has 2 heterocycles. The third-order valence-electron chi connectivity index (χ3n) is 3.45. The number of hydrogen-bond donors (Lipinski definition) is 1. The summed E-state index contributed by atoms with van der Waals surface area (Å²) in [4.78, 5) is 16.3. The number of rotatable bonds is 3. The van der Waals surface area contributed by atoms with E-state index in [2.05, 4.69) is 11.8 Å². The van der Waals surface area contributed by atoms with Crippen LogP contribution in [0.1, 0.15) is 13.3 Å². The van der Waals surface area contributed by atoms with Crippen molar-refractivity contribution in [1.29, 1.82) is 0 Å². The molecule has 0 radical (unpaired) electrons. The van der Waals surface area contributed by atoms with Crippen LogP contribution in [0.2, 0.25) is 0 Å². The van der Waals surface area contributed by atoms with Gasteiger partial charge in [0.15, 0.2) is 0 Å². The summed E-state index contributed by atoms with van der Waals surface area (Å²) in [5.74, 6) is 0.182. The molecule has 5 nitrogen and oxygen atoms in total. The lowest BCUT2D eigenvalue weighted by molar-refractivity contribution is -0.140. The molecule has 0 aromatic rings. The molecule has 2 aliphatic rings. The quantitative estimate of drug-likeness (QED) is 0.690. The Balaban J connectivity index is 1.78. The number of nitrogens with zero attached hydrogens (tertiary/aromatic N) is 2. The van der Waals surface area contributed by atoms with Gasteiger partial charge in [0.25, 0.3) is 0 Å². The number of carbonyl (C=O) groups excluding carboxylic acids is 1. The van der Waals surface area contributed by atoms with Gasteiger partial charge in [0, 0.05) is 32.6 Å². The zero-order chi connectivity index (χ0) is 11.6. The molecule has 0 saturated carbocycles. The van der Waals surface area contributed by atoms with E-state index in [-0.39, 0.29) is 11.4 Å². The highest BCUT2D eigenvalue weighted by atomic mass is 16.5. The Bertz CT molecular complexity index is 258. The van der Waals surface area contributed by atoms with Gasteiger partial charge < -0.3 is 20.3 Å². The number of carbonyl (C=O) groups is 1. The predicted octanol–water partition coefficient (Wildman–Crippen LogP) is -0.732. The number of hydrogen-bond acceptors (Lipinski definition) is 4. The zero-order valence-electron chi connectivity index (χ0n) is 9.95. The van der Waals surface area contributed by atoms with Gasteiger partial charge in [-0.3, -0.25) is 4.79 Å². The third kappa shape index (κ3) is 2.53. The molecule has 0 aromatic heterocycles.